The van der Waals surface area contributed by atoms with E-state index >= 15 is 0 Å². The summed E-state index contributed by atoms with van der Waals surface area (Å²) in [6.07, 6.45) is 0. The summed E-state index contributed by atoms with van der Waals surface area (Å²) >= 11 is 5.91. The fraction of sp³-hybridized carbons (Fsp3) is 0.133. The summed E-state index contributed by atoms with van der Waals surface area (Å²) in [5, 5.41) is 0.327. The first-order valence-electron chi connectivity index (χ1n) is 6.06. The van der Waals surface area contributed by atoms with Crippen LogP contribution in [-0.2, 0) is 11.3 Å². The molecule has 0 radical (unpaired) electrons. The molecule has 0 saturated carbocycles. The Morgan fingerprint density at radius 2 is 2.05 bits per heavy atom. The number of esters is 1. The predicted octanol–water partition coefficient (Wildman–Crippen LogP) is 3.43. The summed E-state index contributed by atoms with van der Waals surface area (Å²) in [6.45, 7) is -0.136. The maximum Gasteiger partial charge on any atom is 0.342 e. The first-order valence-corrected chi connectivity index (χ1v) is 6.43. The average molecular weight is 310 g/mol. The number of ether oxygens (including phenoxy) is 2. The SMILES string of the molecule is COc1cc(N)ccc1C(=O)OCc1cc(F)ccc1Cl. The molecule has 2 N–H and O–H groups in total. The lowest BCUT2D eigenvalue weighted by atomic mass is 10.2. The summed E-state index contributed by atoms with van der Waals surface area (Å²) in [7, 11) is 1.43. The third-order valence-corrected chi connectivity index (χ3v) is 3.18. The highest BCUT2D eigenvalue weighted by molar-refractivity contribution is 6.31. The van der Waals surface area contributed by atoms with Crippen molar-refractivity contribution < 1.29 is 18.7 Å². The fourth-order valence-corrected chi connectivity index (χ4v) is 1.92. The number of rotatable bonds is 4. The highest BCUT2D eigenvalue weighted by atomic mass is 35.5. The Kier molecular flexibility index (Phi) is 4.65. The van der Waals surface area contributed by atoms with Gasteiger partial charge in [0.15, 0.2) is 0 Å². The molecule has 0 atom stereocenters. The summed E-state index contributed by atoms with van der Waals surface area (Å²) in [6, 6.07) is 8.44. The molecule has 2 rings (SSSR count). The summed E-state index contributed by atoms with van der Waals surface area (Å²) in [5.41, 5.74) is 6.71. The Labute approximate surface area is 126 Å². The summed E-state index contributed by atoms with van der Waals surface area (Å²) < 4.78 is 23.3. The maximum atomic E-state index is 13.1. The van der Waals surface area contributed by atoms with Crippen LogP contribution in [0.25, 0.3) is 0 Å². The zero-order valence-corrected chi connectivity index (χ0v) is 12.0. The fourth-order valence-electron chi connectivity index (χ4n) is 1.75. The molecule has 0 aliphatic carbocycles. The molecule has 0 saturated heterocycles. The highest BCUT2D eigenvalue weighted by Gasteiger charge is 2.15. The number of hydrogen-bond donors (Lipinski definition) is 1. The molecule has 0 aliphatic rings. The first-order chi connectivity index (χ1) is 10.0. The number of hydrogen-bond acceptors (Lipinski definition) is 4. The second-order valence-corrected chi connectivity index (χ2v) is 4.68. The van der Waals surface area contributed by atoms with E-state index in [2.05, 4.69) is 0 Å². The Balaban J connectivity index is 2.13. The minimum Gasteiger partial charge on any atom is -0.496 e. The van der Waals surface area contributed by atoms with Gasteiger partial charge in [-0.1, -0.05) is 11.6 Å². The van der Waals surface area contributed by atoms with E-state index < -0.39 is 11.8 Å². The normalized spacial score (nSPS) is 10.2. The number of methoxy groups -OCH3 is 1. The molecule has 0 aliphatic heterocycles. The van der Waals surface area contributed by atoms with E-state index in [4.69, 9.17) is 26.8 Å². The van der Waals surface area contributed by atoms with Gasteiger partial charge in [-0.2, -0.15) is 0 Å². The highest BCUT2D eigenvalue weighted by Crippen LogP contribution is 2.23. The lowest BCUT2D eigenvalue weighted by Gasteiger charge is -2.10. The number of carbonyl (C=O) groups is 1. The Morgan fingerprint density at radius 3 is 2.76 bits per heavy atom. The Bertz CT molecular complexity index is 676. The van der Waals surface area contributed by atoms with Gasteiger partial charge in [0.1, 0.15) is 23.7 Å². The van der Waals surface area contributed by atoms with Crippen molar-refractivity contribution in [3.63, 3.8) is 0 Å². The standard InChI is InChI=1S/C15H13ClFNO3/c1-20-14-7-11(18)3-4-12(14)15(19)21-8-9-6-10(17)2-5-13(9)16/h2-7H,8,18H2,1H3. The molecule has 0 spiro atoms. The van der Waals surface area contributed by atoms with Crippen LogP contribution in [0.15, 0.2) is 36.4 Å². The van der Waals surface area contributed by atoms with Gasteiger partial charge in [-0.15, -0.1) is 0 Å². The van der Waals surface area contributed by atoms with E-state index in [0.29, 0.717) is 22.0 Å². The molecule has 6 heteroatoms. The molecule has 21 heavy (non-hydrogen) atoms. The third kappa shape index (κ3) is 3.64. The van der Waals surface area contributed by atoms with E-state index in [0.717, 1.165) is 0 Å². The van der Waals surface area contributed by atoms with Gasteiger partial charge < -0.3 is 15.2 Å². The van der Waals surface area contributed by atoms with Crippen LogP contribution in [0.2, 0.25) is 5.02 Å². The second kappa shape index (κ2) is 6.45. The largest absolute Gasteiger partial charge is 0.496 e. The van der Waals surface area contributed by atoms with E-state index in [1.54, 1.807) is 6.07 Å². The van der Waals surface area contributed by atoms with Crippen molar-refractivity contribution in [2.24, 2.45) is 0 Å². The van der Waals surface area contributed by atoms with Crippen LogP contribution >= 0.6 is 11.6 Å². The van der Waals surface area contributed by atoms with E-state index in [1.807, 2.05) is 0 Å². The maximum absolute atomic E-state index is 13.1. The van der Waals surface area contributed by atoms with E-state index in [-0.39, 0.29) is 12.2 Å². The number of nitrogens with two attached hydrogens (primary N) is 1. The summed E-state index contributed by atoms with van der Waals surface area (Å²) in [5.74, 6) is -0.743. The van der Waals surface area contributed by atoms with Crippen molar-refractivity contribution in [3.05, 3.63) is 58.4 Å². The van der Waals surface area contributed by atoms with Crippen molar-refractivity contribution in [1.82, 2.24) is 0 Å². The van der Waals surface area contributed by atoms with Crippen LogP contribution in [0.3, 0.4) is 0 Å². The van der Waals surface area contributed by atoms with Crippen molar-refractivity contribution in [2.75, 3.05) is 12.8 Å². The molecule has 110 valence electrons. The minimum absolute atomic E-state index is 0.136. The molecule has 0 bridgehead atoms. The smallest absolute Gasteiger partial charge is 0.342 e. The summed E-state index contributed by atoms with van der Waals surface area (Å²) in [4.78, 5) is 12.0. The topological polar surface area (TPSA) is 61.5 Å². The quantitative estimate of drug-likeness (QED) is 0.694. The van der Waals surface area contributed by atoms with Gasteiger partial charge in [0.25, 0.3) is 0 Å². The molecule has 4 nitrogen and oxygen atoms in total. The predicted molar refractivity (Wildman–Crippen MR) is 77.9 cm³/mol. The molecule has 2 aromatic rings. The molecule has 2 aromatic carbocycles. The molecule has 0 unspecified atom stereocenters. The molecule has 0 aromatic heterocycles. The Morgan fingerprint density at radius 1 is 1.29 bits per heavy atom. The van der Waals surface area contributed by atoms with Gasteiger partial charge in [-0.05, 0) is 30.3 Å². The van der Waals surface area contributed by atoms with E-state index in [1.165, 1.54) is 37.4 Å². The molecular formula is C15H13ClFNO3. The average Bonchev–Trinajstić information content (AvgIpc) is 2.47. The molecule has 0 heterocycles. The molecule has 0 amide bonds. The number of benzene rings is 2. The van der Waals surface area contributed by atoms with Gasteiger partial charge in [-0.3, -0.25) is 0 Å². The molecular weight excluding hydrogens is 297 g/mol. The van der Waals surface area contributed by atoms with Crippen LogP contribution in [0.4, 0.5) is 10.1 Å². The lowest BCUT2D eigenvalue weighted by Crippen LogP contribution is -2.08. The Hall–Kier alpha value is -2.27. The number of halogens is 2. The van der Waals surface area contributed by atoms with Gasteiger partial charge in [0, 0.05) is 22.3 Å². The van der Waals surface area contributed by atoms with Gasteiger partial charge in [0.05, 0.1) is 7.11 Å². The zero-order chi connectivity index (χ0) is 15.4. The third-order valence-electron chi connectivity index (χ3n) is 2.81. The first kappa shape index (κ1) is 15.1. The number of anilines is 1. The molecule has 0 fully saturated rings. The van der Waals surface area contributed by atoms with Crippen LogP contribution in [0.1, 0.15) is 15.9 Å². The van der Waals surface area contributed by atoms with Crippen molar-refractivity contribution in [3.8, 4) is 5.75 Å². The van der Waals surface area contributed by atoms with Crippen molar-refractivity contribution >= 4 is 23.3 Å². The number of nitrogen functional groups attached to an aromatic ring is 1. The minimum atomic E-state index is -0.604. The van der Waals surface area contributed by atoms with Crippen molar-refractivity contribution in [2.45, 2.75) is 6.61 Å². The van der Waals surface area contributed by atoms with Crippen LogP contribution in [-0.4, -0.2) is 13.1 Å². The van der Waals surface area contributed by atoms with Gasteiger partial charge in [0.2, 0.25) is 0 Å². The van der Waals surface area contributed by atoms with Gasteiger partial charge in [-0.25, -0.2) is 9.18 Å². The van der Waals surface area contributed by atoms with Crippen LogP contribution in [0.5, 0.6) is 5.75 Å². The van der Waals surface area contributed by atoms with Gasteiger partial charge >= 0.3 is 5.97 Å². The van der Waals surface area contributed by atoms with Crippen molar-refractivity contribution in [1.29, 1.82) is 0 Å². The second-order valence-electron chi connectivity index (χ2n) is 4.27. The zero-order valence-electron chi connectivity index (χ0n) is 11.2. The van der Waals surface area contributed by atoms with Crippen LogP contribution in [0, 0.1) is 5.82 Å². The monoisotopic (exact) mass is 309 g/mol. The van der Waals surface area contributed by atoms with Crippen LogP contribution < -0.4 is 10.5 Å². The lowest BCUT2D eigenvalue weighted by molar-refractivity contribution is 0.0469. The van der Waals surface area contributed by atoms with E-state index in [9.17, 15) is 9.18 Å². The number of carbonyl (C=O) groups excluding carboxylic acids is 1.